The number of nitrogens with zero attached hydrogens (tertiary/aromatic N) is 2. The van der Waals surface area contributed by atoms with Crippen molar-refractivity contribution in [3.63, 3.8) is 0 Å². The number of carboxylic acid groups (broad SMARTS) is 1. The Hall–Kier alpha value is -6.54. The maximum atomic E-state index is 12.7. The van der Waals surface area contributed by atoms with Gasteiger partial charge in [0.1, 0.15) is 19.6 Å². The predicted octanol–water partition coefficient (Wildman–Crippen LogP) is 5.39. The van der Waals surface area contributed by atoms with Crippen LogP contribution in [0.1, 0.15) is 20.7 Å². The van der Waals surface area contributed by atoms with Gasteiger partial charge in [0.05, 0.1) is 16.9 Å². The fourth-order valence-electron chi connectivity index (χ4n) is 5.56. The number of hydrogen-bond acceptors (Lipinski definition) is 11. The molecule has 0 aliphatic carbocycles. The monoisotopic (exact) mass is 846 g/mol. The Morgan fingerprint density at radius 1 is 0.439 bits per heavy atom. The van der Waals surface area contributed by atoms with Gasteiger partial charge >= 0.3 is 5.97 Å². The van der Waals surface area contributed by atoms with Crippen LogP contribution in [0.4, 0.5) is 22.7 Å². The van der Waals surface area contributed by atoms with Crippen LogP contribution in [0.5, 0.6) is 0 Å². The van der Waals surface area contributed by atoms with Crippen LogP contribution in [-0.2, 0) is 40.1 Å². The lowest BCUT2D eigenvalue weighted by molar-refractivity contribution is 0.0696. The van der Waals surface area contributed by atoms with Crippen LogP contribution >= 0.6 is 0 Å². The first-order valence-corrected chi connectivity index (χ1v) is 22.1. The molecule has 2 aliphatic rings. The zero-order chi connectivity index (χ0) is 41.2. The molecule has 0 fully saturated rings. The molecule has 292 valence electrons. The van der Waals surface area contributed by atoms with Gasteiger partial charge in [0.25, 0.3) is 46.0 Å². The molecule has 0 saturated heterocycles. The second-order valence-electron chi connectivity index (χ2n) is 11.9. The maximum absolute atomic E-state index is 12.7. The first-order chi connectivity index (χ1) is 27.0. The summed E-state index contributed by atoms with van der Waals surface area (Å²) in [5.74, 6) is -1.21. The molecule has 0 atom stereocenters. The number of carbonyl (C=O) groups excluding carboxylic acids is 1. The highest BCUT2D eigenvalue weighted by Crippen LogP contribution is 2.41. The third kappa shape index (κ3) is 7.81. The maximum Gasteiger partial charge on any atom is 0.335 e. The molecule has 0 spiro atoms. The van der Waals surface area contributed by atoms with E-state index in [1.165, 1.54) is 97.1 Å². The fourth-order valence-corrected chi connectivity index (χ4v) is 14.5. The molecule has 6 aromatic rings. The highest BCUT2D eigenvalue weighted by Gasteiger charge is 2.48. The molecule has 57 heavy (non-hydrogen) atoms. The van der Waals surface area contributed by atoms with Gasteiger partial charge in [-0.15, -0.1) is 0 Å². The van der Waals surface area contributed by atoms with E-state index in [9.17, 15) is 43.3 Å². The number of anilines is 4. The number of carbonyl (C=O) groups is 2. The molecule has 0 saturated carbocycles. The van der Waals surface area contributed by atoms with Gasteiger partial charge in [-0.3, -0.25) is 4.79 Å². The molecular formula is C38H30N4O11S4. The lowest BCUT2D eigenvalue weighted by atomic mass is 10.2. The second-order valence-corrected chi connectivity index (χ2v) is 19.4. The van der Waals surface area contributed by atoms with Gasteiger partial charge in [-0.2, -0.15) is 41.1 Å². The number of hydrogen-bond donors (Lipinski definition) is 3. The minimum atomic E-state index is -4.23. The van der Waals surface area contributed by atoms with Crippen molar-refractivity contribution in [3.8, 4) is 0 Å². The Bertz CT molecular complexity index is 2830. The van der Waals surface area contributed by atoms with Crippen LogP contribution in [-0.4, -0.2) is 50.7 Å². The molecule has 19 heteroatoms. The smallest absolute Gasteiger partial charge is 0.335 e. The molecule has 4 N–H and O–H groups in total. The average Bonchev–Trinajstić information content (AvgIpc) is 3.47. The van der Waals surface area contributed by atoms with Gasteiger partial charge in [0.2, 0.25) is 0 Å². The summed E-state index contributed by atoms with van der Waals surface area (Å²) in [6, 6.07) is 39.0. The van der Waals surface area contributed by atoms with Gasteiger partial charge in [0.15, 0.2) is 0 Å². The van der Waals surface area contributed by atoms with Crippen molar-refractivity contribution in [1.82, 2.24) is 0 Å². The van der Waals surface area contributed by atoms with Gasteiger partial charge in [-0.1, -0.05) is 60.7 Å². The molecule has 2 heterocycles. The van der Waals surface area contributed by atoms with E-state index in [4.69, 9.17) is 10.8 Å². The number of aromatic carboxylic acids is 1. The molecular weight excluding hydrogens is 817 g/mol. The van der Waals surface area contributed by atoms with E-state index in [0.29, 0.717) is 29.9 Å². The number of amides is 1. The zero-order valence-corrected chi connectivity index (χ0v) is 32.4. The van der Waals surface area contributed by atoms with E-state index in [1.54, 1.807) is 60.7 Å². The molecule has 2 aliphatic heterocycles. The zero-order valence-electron chi connectivity index (χ0n) is 29.1. The van der Waals surface area contributed by atoms with Crippen LogP contribution in [0.2, 0.25) is 0 Å². The number of nitrogen functional groups attached to an aromatic ring is 1. The van der Waals surface area contributed by atoms with Crippen molar-refractivity contribution >= 4 is 74.7 Å². The standard InChI is InChI=1S/C19H14N2O5S2.C12H10N2O4S2.C7H6O2/c22-19(14-6-2-1-3-7-14)20-15-10-12-16(13-11-15)21-27(23,24)17-8-4-5-9-18(17)28(21,25)26;13-9-5-7-10(8-6-9)14-19(15,16)11-3-1-2-4-12(11)20(14,17)18;8-7(9)6-4-2-1-3-5-6/h1-13H,(H,20,22);1-8H,13H2;1-5H,(H,8,9). The molecule has 15 nitrogen and oxygen atoms in total. The summed E-state index contributed by atoms with van der Waals surface area (Å²) in [5.41, 5.74) is 7.15. The number of sulfonamides is 4. The average molecular weight is 847 g/mol. The molecule has 0 aromatic heterocycles. The molecule has 0 unspecified atom stereocenters. The Labute approximate surface area is 328 Å². The van der Waals surface area contributed by atoms with E-state index >= 15 is 0 Å². The highest BCUT2D eigenvalue weighted by atomic mass is 32.3. The Kier molecular flexibility index (Phi) is 10.9. The lowest BCUT2D eigenvalue weighted by Gasteiger charge is -2.16. The van der Waals surface area contributed by atoms with Gasteiger partial charge in [-0.25, -0.2) is 4.79 Å². The number of rotatable bonds is 5. The van der Waals surface area contributed by atoms with E-state index in [1.807, 2.05) is 0 Å². The van der Waals surface area contributed by atoms with Crippen molar-refractivity contribution in [2.24, 2.45) is 0 Å². The number of nitrogens with two attached hydrogens (primary N) is 1. The van der Waals surface area contributed by atoms with Gasteiger partial charge < -0.3 is 16.2 Å². The predicted molar refractivity (Wildman–Crippen MR) is 212 cm³/mol. The van der Waals surface area contributed by atoms with Crippen molar-refractivity contribution in [2.45, 2.75) is 19.6 Å². The summed E-state index contributed by atoms with van der Waals surface area (Å²) in [6.07, 6.45) is 0. The molecule has 6 aromatic carbocycles. The fraction of sp³-hybridized carbons (Fsp3) is 0. The minimum absolute atomic E-state index is 0.0334. The second kappa shape index (κ2) is 15.5. The van der Waals surface area contributed by atoms with Gasteiger partial charge in [0, 0.05) is 16.9 Å². The first kappa shape index (κ1) is 40.1. The van der Waals surface area contributed by atoms with E-state index in [0.717, 1.165) is 0 Å². The number of fused-ring (bicyclic) bond motifs is 2. The largest absolute Gasteiger partial charge is 0.478 e. The summed E-state index contributed by atoms with van der Waals surface area (Å²) in [5, 5.41) is 11.1. The van der Waals surface area contributed by atoms with E-state index in [-0.39, 0.29) is 36.9 Å². The summed E-state index contributed by atoms with van der Waals surface area (Å²) in [4.78, 5) is 21.5. The van der Waals surface area contributed by atoms with Crippen molar-refractivity contribution in [2.75, 3.05) is 18.5 Å². The Morgan fingerprint density at radius 3 is 1.09 bits per heavy atom. The molecule has 0 radical (unpaired) electrons. The summed E-state index contributed by atoms with van der Waals surface area (Å²) >= 11 is 0. The van der Waals surface area contributed by atoms with Crippen LogP contribution < -0.4 is 18.5 Å². The third-order valence-electron chi connectivity index (χ3n) is 8.18. The first-order valence-electron chi connectivity index (χ1n) is 16.4. The lowest BCUT2D eigenvalue weighted by Crippen LogP contribution is -2.30. The molecule has 0 bridgehead atoms. The van der Waals surface area contributed by atoms with Crippen molar-refractivity contribution in [3.05, 3.63) is 169 Å². The van der Waals surface area contributed by atoms with Gasteiger partial charge in [-0.05, 0) is 97.1 Å². The summed E-state index contributed by atoms with van der Waals surface area (Å²) in [6.45, 7) is 0. The quantitative estimate of drug-likeness (QED) is 0.185. The number of benzene rings is 6. The normalized spacial score (nSPS) is 16.0. The van der Waals surface area contributed by atoms with Crippen LogP contribution in [0.15, 0.2) is 177 Å². The number of carboxylic acids is 1. The van der Waals surface area contributed by atoms with Crippen molar-refractivity contribution < 1.29 is 48.4 Å². The Balaban J connectivity index is 0.000000164. The molecule has 8 rings (SSSR count). The Morgan fingerprint density at radius 2 is 0.754 bits per heavy atom. The minimum Gasteiger partial charge on any atom is -0.478 e. The third-order valence-corrected chi connectivity index (χ3v) is 17.0. The SMILES string of the molecule is Nc1ccc(N2S(=O)(=O)c3ccccc3S2(=O)=O)cc1.O=C(Nc1ccc(N2S(=O)(=O)c3ccccc3S2(=O)=O)cc1)c1ccccc1.O=C(O)c1ccccc1. The van der Waals surface area contributed by atoms with Crippen LogP contribution in [0, 0.1) is 0 Å². The van der Waals surface area contributed by atoms with Crippen LogP contribution in [0.3, 0.4) is 0 Å². The summed E-state index contributed by atoms with van der Waals surface area (Å²) < 4.78 is 101. The molecule has 1 amide bonds. The summed E-state index contributed by atoms with van der Waals surface area (Å²) in [7, 11) is -16.7. The highest BCUT2D eigenvalue weighted by molar-refractivity contribution is 8.13. The van der Waals surface area contributed by atoms with E-state index in [2.05, 4.69) is 5.32 Å². The van der Waals surface area contributed by atoms with E-state index < -0.39 is 46.1 Å². The topological polar surface area (TPSA) is 235 Å². The number of nitrogens with one attached hydrogen (secondary N) is 1. The van der Waals surface area contributed by atoms with Crippen molar-refractivity contribution in [1.29, 1.82) is 0 Å². The van der Waals surface area contributed by atoms with Crippen LogP contribution in [0.25, 0.3) is 0 Å².